The smallest absolute Gasteiger partial charge is 0.103 e. The van der Waals surface area contributed by atoms with Crippen LogP contribution in [0.2, 0.25) is 0 Å². The first-order valence-corrected chi connectivity index (χ1v) is 5.37. The molecule has 1 rings (SSSR count). The highest BCUT2D eigenvalue weighted by molar-refractivity contribution is 6.16. The van der Waals surface area contributed by atoms with Gasteiger partial charge in [-0.25, -0.2) is 0 Å². The van der Waals surface area contributed by atoms with Crippen molar-refractivity contribution in [1.29, 1.82) is 0 Å². The zero-order valence-electron chi connectivity index (χ0n) is 8.45. The lowest BCUT2D eigenvalue weighted by Crippen LogP contribution is -2.24. The van der Waals surface area contributed by atoms with Crippen LogP contribution in [0.15, 0.2) is 55.6 Å². The van der Waals surface area contributed by atoms with Gasteiger partial charge in [0.05, 0.1) is 0 Å². The first kappa shape index (κ1) is 11.3. The summed E-state index contributed by atoms with van der Waals surface area (Å²) >= 11 is 2.93. The Bertz CT molecular complexity index is 290. The first-order valence-electron chi connectivity index (χ1n) is 4.79. The fraction of sp³-hybridized carbons (Fsp3) is 0.231. The summed E-state index contributed by atoms with van der Waals surface area (Å²) in [5.74, 6) is 0. The molecule has 0 spiro atoms. The third-order valence-corrected chi connectivity index (χ3v) is 3.17. The van der Waals surface area contributed by atoms with Crippen molar-refractivity contribution in [1.82, 2.24) is 0 Å². The van der Waals surface area contributed by atoms with Gasteiger partial charge in [-0.1, -0.05) is 52.3 Å². The summed E-state index contributed by atoms with van der Waals surface area (Å²) in [4.78, 5) is 0. The minimum Gasteiger partial charge on any atom is -0.103 e. The molecule has 0 saturated heterocycles. The van der Waals surface area contributed by atoms with Gasteiger partial charge in [-0.05, 0) is 12.8 Å². The number of benzene rings is 1. The molecule has 0 aliphatic rings. The van der Waals surface area contributed by atoms with Crippen LogP contribution < -0.4 is 0 Å². The molecular formula is C13H15Al. The van der Waals surface area contributed by atoms with Gasteiger partial charge in [0.15, 0.2) is 0 Å². The van der Waals surface area contributed by atoms with Crippen LogP contribution in [-0.2, 0) is 4.28 Å². The molecule has 0 aliphatic carbocycles. The highest BCUT2D eigenvalue weighted by Gasteiger charge is 2.21. The van der Waals surface area contributed by atoms with Crippen molar-refractivity contribution in [3.63, 3.8) is 0 Å². The van der Waals surface area contributed by atoms with Crippen molar-refractivity contribution in [3.05, 3.63) is 61.2 Å². The Labute approximate surface area is 94.8 Å². The van der Waals surface area contributed by atoms with Gasteiger partial charge in [-0.15, -0.1) is 13.2 Å². The van der Waals surface area contributed by atoms with Crippen LogP contribution in [0, 0.1) is 0 Å². The van der Waals surface area contributed by atoms with Gasteiger partial charge >= 0.3 is 0 Å². The zero-order chi connectivity index (χ0) is 10.4. The van der Waals surface area contributed by atoms with E-state index < -0.39 is 0 Å². The van der Waals surface area contributed by atoms with Crippen LogP contribution in [0.5, 0.6) is 0 Å². The molecule has 14 heavy (non-hydrogen) atoms. The van der Waals surface area contributed by atoms with Gasteiger partial charge in [0.1, 0.15) is 16.3 Å². The van der Waals surface area contributed by atoms with Crippen LogP contribution in [0.4, 0.5) is 0 Å². The van der Waals surface area contributed by atoms with Crippen molar-refractivity contribution in [3.8, 4) is 0 Å². The molecule has 1 aromatic carbocycles. The number of allylic oxidation sites excluding steroid dienone is 2. The van der Waals surface area contributed by atoms with Gasteiger partial charge in [0.2, 0.25) is 0 Å². The number of hydrogen-bond donors (Lipinski definition) is 0. The molecule has 0 aromatic heterocycles. The molecule has 70 valence electrons. The van der Waals surface area contributed by atoms with E-state index in [-0.39, 0.29) is 4.28 Å². The molecule has 0 heterocycles. The maximum absolute atomic E-state index is 3.81. The molecule has 0 N–H and O–H groups in total. The Balaban J connectivity index is 2.98. The molecule has 0 unspecified atom stereocenters. The maximum Gasteiger partial charge on any atom is 0.138 e. The van der Waals surface area contributed by atoms with E-state index >= 15 is 0 Å². The van der Waals surface area contributed by atoms with Crippen molar-refractivity contribution in [2.45, 2.75) is 17.1 Å². The zero-order valence-corrected chi connectivity index (χ0v) is 9.60. The highest BCUT2D eigenvalue weighted by Crippen LogP contribution is 2.28. The van der Waals surface area contributed by atoms with Gasteiger partial charge in [0.25, 0.3) is 0 Å². The molecule has 0 nitrogen and oxygen atoms in total. The minimum atomic E-state index is 0.0742. The van der Waals surface area contributed by atoms with Crippen LogP contribution in [-0.4, -0.2) is 16.3 Å². The van der Waals surface area contributed by atoms with E-state index in [0.717, 1.165) is 12.8 Å². The second-order valence-corrected chi connectivity index (χ2v) is 4.61. The van der Waals surface area contributed by atoms with E-state index in [1.165, 1.54) is 5.56 Å². The maximum atomic E-state index is 3.81. The van der Waals surface area contributed by atoms with E-state index in [2.05, 4.69) is 53.7 Å². The summed E-state index contributed by atoms with van der Waals surface area (Å²) < 4.78 is 0.0742. The molecule has 1 heteroatoms. The molecule has 0 aliphatic heterocycles. The molecule has 0 saturated carbocycles. The molecule has 0 atom stereocenters. The van der Waals surface area contributed by atoms with E-state index in [0.29, 0.717) is 0 Å². The summed E-state index contributed by atoms with van der Waals surface area (Å²) in [7, 11) is 0. The molecule has 0 fully saturated rings. The Morgan fingerprint density at radius 2 is 1.57 bits per heavy atom. The normalized spacial score (nSPS) is 10.9. The highest BCUT2D eigenvalue weighted by atomic mass is 27.0. The number of hydrogen-bond acceptors (Lipinski definition) is 0. The average molecular weight is 198 g/mol. The molecule has 2 radical (unpaired) electrons. The van der Waals surface area contributed by atoms with Gasteiger partial charge in [0, 0.05) is 0 Å². The third-order valence-electron chi connectivity index (χ3n) is 2.37. The van der Waals surface area contributed by atoms with Crippen LogP contribution in [0.3, 0.4) is 0 Å². The largest absolute Gasteiger partial charge is 0.138 e. The summed E-state index contributed by atoms with van der Waals surface area (Å²) in [6.45, 7) is 7.61. The fourth-order valence-electron chi connectivity index (χ4n) is 1.60. The second-order valence-electron chi connectivity index (χ2n) is 3.51. The monoisotopic (exact) mass is 198 g/mol. The van der Waals surface area contributed by atoms with E-state index in [1.807, 2.05) is 18.2 Å². The average Bonchev–Trinajstić information content (AvgIpc) is 2.20. The molecular weight excluding hydrogens is 183 g/mol. The van der Waals surface area contributed by atoms with Crippen molar-refractivity contribution < 1.29 is 0 Å². The predicted octanol–water partition coefficient (Wildman–Crippen LogP) is 3.20. The van der Waals surface area contributed by atoms with Crippen molar-refractivity contribution in [2.75, 3.05) is 0 Å². The quantitative estimate of drug-likeness (QED) is 0.503. The van der Waals surface area contributed by atoms with E-state index in [1.54, 1.807) is 0 Å². The summed E-state index contributed by atoms with van der Waals surface area (Å²) in [5, 5.41) is 0. The van der Waals surface area contributed by atoms with Crippen molar-refractivity contribution in [2.24, 2.45) is 0 Å². The second kappa shape index (κ2) is 5.20. The lowest BCUT2D eigenvalue weighted by atomic mass is 9.91. The first-order chi connectivity index (χ1) is 6.73. The standard InChI is InChI=1S/C13H15.Al/c1-3-8-12(9-4-2)13-10-6-5-7-11-13;/h3-7,10-11H,1-2,8-9H2;. The van der Waals surface area contributed by atoms with Crippen LogP contribution >= 0.6 is 0 Å². The third kappa shape index (κ3) is 2.61. The Hall–Kier alpha value is -0.768. The Morgan fingerprint density at radius 3 is 2.00 bits per heavy atom. The fourth-order valence-corrected chi connectivity index (χ4v) is 2.13. The predicted molar refractivity (Wildman–Crippen MR) is 63.5 cm³/mol. The van der Waals surface area contributed by atoms with Crippen LogP contribution in [0.25, 0.3) is 0 Å². The van der Waals surface area contributed by atoms with E-state index in [9.17, 15) is 0 Å². The summed E-state index contributed by atoms with van der Waals surface area (Å²) in [5.41, 5.74) is 1.32. The van der Waals surface area contributed by atoms with E-state index in [4.69, 9.17) is 0 Å². The Kier molecular flexibility index (Phi) is 4.20. The van der Waals surface area contributed by atoms with Gasteiger partial charge in [-0.3, -0.25) is 0 Å². The topological polar surface area (TPSA) is 0 Å². The minimum absolute atomic E-state index is 0.0742. The molecule has 0 amide bonds. The van der Waals surface area contributed by atoms with Crippen LogP contribution in [0.1, 0.15) is 18.4 Å². The van der Waals surface area contributed by atoms with Gasteiger partial charge in [-0.2, -0.15) is 0 Å². The SMILES string of the molecule is C=CC[C]([Al])(CC=C)c1ccccc1. The lowest BCUT2D eigenvalue weighted by Gasteiger charge is -2.29. The lowest BCUT2D eigenvalue weighted by molar-refractivity contribution is 0.627. The van der Waals surface area contributed by atoms with Crippen molar-refractivity contribution >= 4 is 16.3 Å². The Morgan fingerprint density at radius 1 is 1.07 bits per heavy atom. The molecule has 0 bridgehead atoms. The van der Waals surface area contributed by atoms with Gasteiger partial charge < -0.3 is 0 Å². The summed E-state index contributed by atoms with van der Waals surface area (Å²) in [6.07, 6.45) is 5.83. The molecule has 1 aromatic rings. The number of rotatable bonds is 5. The summed E-state index contributed by atoms with van der Waals surface area (Å²) in [6, 6.07) is 10.5.